The second kappa shape index (κ2) is 3.82. The Labute approximate surface area is 92.9 Å². The number of hydrogen-bond donors (Lipinski definition) is 1. The van der Waals surface area contributed by atoms with Gasteiger partial charge in [-0.25, -0.2) is 4.98 Å². The first-order valence-corrected chi connectivity index (χ1v) is 4.87. The molecule has 4 heteroatoms. The van der Waals surface area contributed by atoms with Gasteiger partial charge >= 0.3 is 0 Å². The SMILES string of the molecule is COc1cc(C(N)=S)c2ccccc2n1. The Morgan fingerprint density at radius 2 is 2.13 bits per heavy atom. The molecule has 1 aromatic heterocycles. The number of nitrogens with two attached hydrogens (primary N) is 1. The Hall–Kier alpha value is -1.68. The highest BCUT2D eigenvalue weighted by molar-refractivity contribution is 7.80. The molecule has 0 bridgehead atoms. The molecule has 2 rings (SSSR count). The fourth-order valence-corrected chi connectivity index (χ4v) is 1.63. The van der Waals surface area contributed by atoms with Crippen LogP contribution in [0.2, 0.25) is 0 Å². The maximum absolute atomic E-state index is 5.65. The second-order valence-electron chi connectivity index (χ2n) is 3.09. The Bertz CT molecular complexity index is 525. The van der Waals surface area contributed by atoms with Gasteiger partial charge in [0.05, 0.1) is 12.6 Å². The van der Waals surface area contributed by atoms with Crippen LogP contribution in [0.5, 0.6) is 5.88 Å². The Balaban J connectivity index is 2.80. The number of methoxy groups -OCH3 is 1. The van der Waals surface area contributed by atoms with Crippen LogP contribution in [0.1, 0.15) is 5.56 Å². The van der Waals surface area contributed by atoms with E-state index in [1.54, 1.807) is 13.2 Å². The van der Waals surface area contributed by atoms with E-state index in [0.29, 0.717) is 10.9 Å². The highest BCUT2D eigenvalue weighted by atomic mass is 32.1. The van der Waals surface area contributed by atoms with Crippen molar-refractivity contribution in [1.29, 1.82) is 0 Å². The maximum Gasteiger partial charge on any atom is 0.214 e. The summed E-state index contributed by atoms with van der Waals surface area (Å²) in [6.07, 6.45) is 0. The van der Waals surface area contributed by atoms with Gasteiger partial charge in [0.15, 0.2) is 0 Å². The molecule has 3 nitrogen and oxygen atoms in total. The van der Waals surface area contributed by atoms with E-state index >= 15 is 0 Å². The van der Waals surface area contributed by atoms with Crippen LogP contribution < -0.4 is 10.5 Å². The smallest absolute Gasteiger partial charge is 0.214 e. The summed E-state index contributed by atoms with van der Waals surface area (Å²) < 4.78 is 5.09. The summed E-state index contributed by atoms with van der Waals surface area (Å²) in [6.45, 7) is 0. The van der Waals surface area contributed by atoms with Crippen LogP contribution in [-0.2, 0) is 0 Å². The number of pyridine rings is 1. The lowest BCUT2D eigenvalue weighted by Gasteiger charge is -2.06. The van der Waals surface area contributed by atoms with Crippen molar-refractivity contribution in [2.75, 3.05) is 7.11 Å². The van der Waals surface area contributed by atoms with Gasteiger partial charge in [0.25, 0.3) is 0 Å². The van der Waals surface area contributed by atoms with Crippen LogP contribution in [0.3, 0.4) is 0 Å². The number of nitrogens with zero attached hydrogens (tertiary/aromatic N) is 1. The van der Waals surface area contributed by atoms with Crippen molar-refractivity contribution in [3.8, 4) is 5.88 Å². The zero-order valence-corrected chi connectivity index (χ0v) is 9.04. The van der Waals surface area contributed by atoms with Crippen molar-refractivity contribution < 1.29 is 4.74 Å². The van der Waals surface area contributed by atoms with Crippen LogP contribution in [0.15, 0.2) is 30.3 Å². The van der Waals surface area contributed by atoms with E-state index in [9.17, 15) is 0 Å². The molecular weight excluding hydrogens is 208 g/mol. The van der Waals surface area contributed by atoms with Gasteiger partial charge in [0.2, 0.25) is 5.88 Å². The summed E-state index contributed by atoms with van der Waals surface area (Å²) in [5, 5.41) is 0.950. The molecule has 0 aliphatic rings. The van der Waals surface area contributed by atoms with Gasteiger partial charge < -0.3 is 10.5 Å². The minimum Gasteiger partial charge on any atom is -0.481 e. The fourth-order valence-electron chi connectivity index (χ4n) is 1.46. The molecule has 1 aromatic carbocycles. The van der Waals surface area contributed by atoms with E-state index in [4.69, 9.17) is 22.7 Å². The monoisotopic (exact) mass is 218 g/mol. The third-order valence-electron chi connectivity index (χ3n) is 2.17. The van der Waals surface area contributed by atoms with Crippen molar-refractivity contribution in [1.82, 2.24) is 4.98 Å². The fraction of sp³-hybridized carbons (Fsp3) is 0.0909. The number of aromatic nitrogens is 1. The van der Waals surface area contributed by atoms with Crippen LogP contribution >= 0.6 is 12.2 Å². The zero-order valence-electron chi connectivity index (χ0n) is 8.23. The van der Waals surface area contributed by atoms with Gasteiger partial charge in [-0.05, 0) is 6.07 Å². The van der Waals surface area contributed by atoms with E-state index in [2.05, 4.69) is 4.98 Å². The molecule has 15 heavy (non-hydrogen) atoms. The lowest BCUT2D eigenvalue weighted by Crippen LogP contribution is -2.10. The topological polar surface area (TPSA) is 48.1 Å². The Morgan fingerprint density at radius 1 is 1.40 bits per heavy atom. The highest BCUT2D eigenvalue weighted by Crippen LogP contribution is 2.21. The number of rotatable bonds is 2. The van der Waals surface area contributed by atoms with Crippen LogP contribution in [-0.4, -0.2) is 17.1 Å². The quantitative estimate of drug-likeness (QED) is 0.782. The van der Waals surface area contributed by atoms with Gasteiger partial charge in [0, 0.05) is 17.0 Å². The van der Waals surface area contributed by atoms with Gasteiger partial charge in [0.1, 0.15) is 4.99 Å². The number of ether oxygens (including phenoxy) is 1. The standard InChI is InChI=1S/C11H10N2OS/c1-14-10-6-8(11(12)15)7-4-2-3-5-9(7)13-10/h2-6H,1H3,(H2,12,15). The van der Waals surface area contributed by atoms with Crippen molar-refractivity contribution in [2.45, 2.75) is 0 Å². The molecule has 2 aromatic rings. The average Bonchev–Trinajstić information content (AvgIpc) is 2.27. The molecule has 0 saturated carbocycles. The molecule has 0 aliphatic carbocycles. The van der Waals surface area contributed by atoms with E-state index in [1.165, 1.54) is 0 Å². The largest absolute Gasteiger partial charge is 0.481 e. The normalized spacial score (nSPS) is 10.2. The van der Waals surface area contributed by atoms with Gasteiger partial charge in [-0.1, -0.05) is 30.4 Å². The van der Waals surface area contributed by atoms with Crippen LogP contribution in [0.25, 0.3) is 10.9 Å². The lowest BCUT2D eigenvalue weighted by molar-refractivity contribution is 0.399. The van der Waals surface area contributed by atoms with Crippen molar-refractivity contribution in [3.63, 3.8) is 0 Å². The summed E-state index contributed by atoms with van der Waals surface area (Å²) >= 11 is 4.99. The molecule has 1 heterocycles. The average molecular weight is 218 g/mol. The number of benzene rings is 1. The number of para-hydroxylation sites is 1. The summed E-state index contributed by atoms with van der Waals surface area (Å²) in [5.74, 6) is 0.525. The third kappa shape index (κ3) is 1.76. The summed E-state index contributed by atoms with van der Waals surface area (Å²) in [6, 6.07) is 9.44. The highest BCUT2D eigenvalue weighted by Gasteiger charge is 2.07. The number of fused-ring (bicyclic) bond motifs is 1. The van der Waals surface area contributed by atoms with E-state index in [0.717, 1.165) is 16.5 Å². The summed E-state index contributed by atoms with van der Waals surface area (Å²) in [7, 11) is 1.57. The predicted molar refractivity (Wildman–Crippen MR) is 64.2 cm³/mol. The third-order valence-corrected chi connectivity index (χ3v) is 2.39. The van der Waals surface area contributed by atoms with Gasteiger partial charge in [-0.2, -0.15) is 0 Å². The Morgan fingerprint density at radius 3 is 2.80 bits per heavy atom. The molecule has 0 amide bonds. The molecule has 0 saturated heterocycles. The first-order chi connectivity index (χ1) is 7.22. The van der Waals surface area contributed by atoms with E-state index < -0.39 is 0 Å². The molecule has 0 unspecified atom stereocenters. The van der Waals surface area contributed by atoms with Crippen LogP contribution in [0.4, 0.5) is 0 Å². The Kier molecular flexibility index (Phi) is 2.51. The molecule has 0 fully saturated rings. The van der Waals surface area contributed by atoms with Gasteiger partial charge in [-0.15, -0.1) is 0 Å². The molecule has 0 aliphatic heterocycles. The minimum atomic E-state index is 0.354. The molecular formula is C11H10N2OS. The molecule has 0 radical (unpaired) electrons. The number of thiocarbonyl (C=S) groups is 1. The first-order valence-electron chi connectivity index (χ1n) is 4.46. The molecule has 2 N–H and O–H groups in total. The van der Waals surface area contributed by atoms with Gasteiger partial charge in [-0.3, -0.25) is 0 Å². The minimum absolute atomic E-state index is 0.354. The molecule has 0 spiro atoms. The van der Waals surface area contributed by atoms with Crippen molar-refractivity contribution in [3.05, 3.63) is 35.9 Å². The van der Waals surface area contributed by atoms with Crippen molar-refractivity contribution >= 4 is 28.1 Å². The maximum atomic E-state index is 5.65. The summed E-state index contributed by atoms with van der Waals surface area (Å²) in [5.41, 5.74) is 7.28. The molecule has 0 atom stereocenters. The van der Waals surface area contributed by atoms with E-state index in [1.807, 2.05) is 24.3 Å². The lowest BCUT2D eigenvalue weighted by atomic mass is 10.1. The second-order valence-corrected chi connectivity index (χ2v) is 3.53. The zero-order chi connectivity index (χ0) is 10.8. The predicted octanol–water partition coefficient (Wildman–Crippen LogP) is 1.88. The van der Waals surface area contributed by atoms with E-state index in [-0.39, 0.29) is 0 Å². The van der Waals surface area contributed by atoms with Crippen molar-refractivity contribution in [2.24, 2.45) is 5.73 Å². The number of hydrogen-bond acceptors (Lipinski definition) is 3. The summed E-state index contributed by atoms with van der Waals surface area (Å²) in [4.78, 5) is 4.65. The molecule has 76 valence electrons. The van der Waals surface area contributed by atoms with Crippen LogP contribution in [0, 0.1) is 0 Å². The first kappa shape index (κ1) is 9.86.